The Hall–Kier alpha value is -2.34. The summed E-state index contributed by atoms with van der Waals surface area (Å²) in [5.74, 6) is -0.284. The van der Waals surface area contributed by atoms with Crippen LogP contribution in [-0.4, -0.2) is 18.5 Å². The monoisotopic (exact) mass is 305 g/mol. The molecular weight excluding hydrogens is 290 g/mol. The predicted octanol–water partition coefficient (Wildman–Crippen LogP) is 2.77. The zero-order valence-corrected chi connectivity index (χ0v) is 12.3. The van der Waals surface area contributed by atoms with Gasteiger partial charge in [-0.1, -0.05) is 6.07 Å². The lowest BCUT2D eigenvalue weighted by Gasteiger charge is -2.10. The molecule has 2 aromatic rings. The van der Waals surface area contributed by atoms with E-state index < -0.39 is 5.97 Å². The van der Waals surface area contributed by atoms with Gasteiger partial charge in [-0.25, -0.2) is 4.79 Å². The van der Waals surface area contributed by atoms with Crippen LogP contribution in [0, 0.1) is 0 Å². The molecule has 0 saturated carbocycles. The first-order valence-electron chi connectivity index (χ1n) is 6.36. The maximum Gasteiger partial charge on any atom is 0.331 e. The molecule has 0 bridgehead atoms. The molecule has 5 nitrogen and oxygen atoms in total. The van der Waals surface area contributed by atoms with Crippen molar-refractivity contribution in [1.82, 2.24) is 5.32 Å². The maximum atomic E-state index is 11.6. The molecule has 0 fully saturated rings. The van der Waals surface area contributed by atoms with Crippen LogP contribution in [0.3, 0.4) is 0 Å². The molecule has 21 heavy (non-hydrogen) atoms. The largest absolute Gasteiger partial charge is 0.467 e. The van der Waals surface area contributed by atoms with Crippen molar-refractivity contribution < 1.29 is 18.7 Å². The van der Waals surface area contributed by atoms with Gasteiger partial charge in [0.15, 0.2) is 6.61 Å². The second-order valence-electron chi connectivity index (χ2n) is 4.26. The molecule has 6 heteroatoms. The third kappa shape index (κ3) is 4.92. The lowest BCUT2D eigenvalue weighted by molar-refractivity contribution is -0.144. The van der Waals surface area contributed by atoms with Crippen LogP contribution in [0.15, 0.2) is 46.4 Å². The van der Waals surface area contributed by atoms with Gasteiger partial charge in [0.25, 0.3) is 5.91 Å². The highest BCUT2D eigenvalue weighted by atomic mass is 32.1. The number of carbonyl (C=O) groups excluding carboxylic acids is 2. The van der Waals surface area contributed by atoms with Gasteiger partial charge in [0.2, 0.25) is 0 Å². The third-order valence-electron chi connectivity index (χ3n) is 2.62. The van der Waals surface area contributed by atoms with Crippen molar-refractivity contribution in [2.75, 3.05) is 6.61 Å². The van der Waals surface area contributed by atoms with E-state index in [-0.39, 0.29) is 18.6 Å². The Balaban J connectivity index is 1.72. The predicted molar refractivity (Wildman–Crippen MR) is 79.6 cm³/mol. The number of amides is 1. The molecule has 1 amide bonds. The van der Waals surface area contributed by atoms with E-state index in [1.54, 1.807) is 25.1 Å². The Kier molecular flexibility index (Phi) is 5.34. The number of thiophene rings is 1. The number of rotatable bonds is 6. The van der Waals surface area contributed by atoms with Gasteiger partial charge in [-0.2, -0.15) is 0 Å². The van der Waals surface area contributed by atoms with Gasteiger partial charge in [-0.05, 0) is 36.6 Å². The van der Waals surface area contributed by atoms with Crippen molar-refractivity contribution in [3.63, 3.8) is 0 Å². The summed E-state index contributed by atoms with van der Waals surface area (Å²) in [5, 5.41) is 4.59. The number of nitrogens with one attached hydrogen (secondary N) is 1. The molecule has 2 aromatic heterocycles. The summed E-state index contributed by atoms with van der Waals surface area (Å²) in [4.78, 5) is 24.0. The smallest absolute Gasteiger partial charge is 0.331 e. The van der Waals surface area contributed by atoms with E-state index >= 15 is 0 Å². The van der Waals surface area contributed by atoms with Gasteiger partial charge in [0.05, 0.1) is 12.3 Å². The number of furan rings is 1. The summed E-state index contributed by atoms with van der Waals surface area (Å²) in [5.41, 5.74) is 0. The molecule has 1 N–H and O–H groups in total. The molecule has 0 aromatic carbocycles. The summed E-state index contributed by atoms with van der Waals surface area (Å²) in [6.45, 7) is 1.47. The fourth-order valence-electron chi connectivity index (χ4n) is 1.61. The summed E-state index contributed by atoms with van der Waals surface area (Å²) >= 11 is 1.51. The highest BCUT2D eigenvalue weighted by Gasteiger charge is 2.12. The fourth-order valence-corrected chi connectivity index (χ4v) is 2.23. The number of ether oxygens (including phenoxy) is 1. The van der Waals surface area contributed by atoms with Crippen LogP contribution in [0.1, 0.15) is 23.6 Å². The number of carbonyl (C=O) groups is 2. The lowest BCUT2D eigenvalue weighted by Crippen LogP contribution is -2.30. The van der Waals surface area contributed by atoms with Crippen molar-refractivity contribution in [3.05, 3.63) is 52.6 Å². The van der Waals surface area contributed by atoms with Crippen molar-refractivity contribution in [2.45, 2.75) is 13.0 Å². The van der Waals surface area contributed by atoms with E-state index in [0.29, 0.717) is 5.76 Å². The van der Waals surface area contributed by atoms with Gasteiger partial charge in [0, 0.05) is 11.0 Å². The van der Waals surface area contributed by atoms with Crippen LogP contribution in [0.2, 0.25) is 0 Å². The van der Waals surface area contributed by atoms with Gasteiger partial charge in [-0.3, -0.25) is 4.79 Å². The zero-order chi connectivity index (χ0) is 15.1. The molecule has 110 valence electrons. The van der Waals surface area contributed by atoms with Gasteiger partial charge < -0.3 is 14.5 Å². The zero-order valence-electron chi connectivity index (χ0n) is 11.4. The third-order valence-corrected chi connectivity index (χ3v) is 3.46. The highest BCUT2D eigenvalue weighted by molar-refractivity contribution is 7.10. The van der Waals surface area contributed by atoms with Crippen LogP contribution in [0.25, 0.3) is 6.08 Å². The van der Waals surface area contributed by atoms with Crippen LogP contribution in [0.4, 0.5) is 0 Å². The minimum absolute atomic E-state index is 0.270. The summed E-state index contributed by atoms with van der Waals surface area (Å²) in [7, 11) is 0. The quantitative estimate of drug-likeness (QED) is 0.658. The number of hydrogen-bond acceptors (Lipinski definition) is 5. The second kappa shape index (κ2) is 7.44. The normalized spacial score (nSPS) is 12.2. The second-order valence-corrected chi connectivity index (χ2v) is 5.24. The Morgan fingerprint density at radius 2 is 2.29 bits per heavy atom. The number of esters is 1. The minimum atomic E-state index is -0.552. The Labute approximate surface area is 126 Å². The van der Waals surface area contributed by atoms with Crippen molar-refractivity contribution in [3.8, 4) is 0 Å². The van der Waals surface area contributed by atoms with E-state index in [1.165, 1.54) is 23.7 Å². The SMILES string of the molecule is C[C@@H](NC(=O)COC(=O)/C=C/c1cccs1)c1ccco1. The molecular formula is C15H15NO4S. The van der Waals surface area contributed by atoms with Crippen LogP contribution >= 0.6 is 11.3 Å². The molecule has 0 aliphatic rings. The standard InChI is InChI=1S/C15H15NO4S/c1-11(13-5-2-8-19-13)16-14(17)10-20-15(18)7-6-12-4-3-9-21-12/h2-9,11H,10H2,1H3,(H,16,17)/b7-6+/t11-/m1/s1. The fraction of sp³-hybridized carbons (Fsp3) is 0.200. The van der Waals surface area contributed by atoms with Crippen molar-refractivity contribution in [1.29, 1.82) is 0 Å². The summed E-state index contributed by atoms with van der Waals surface area (Å²) in [6, 6.07) is 7.01. The molecule has 0 unspecified atom stereocenters. The lowest BCUT2D eigenvalue weighted by atomic mass is 10.2. The Morgan fingerprint density at radius 3 is 2.95 bits per heavy atom. The molecule has 2 rings (SSSR count). The molecule has 0 aliphatic heterocycles. The molecule has 0 saturated heterocycles. The number of hydrogen-bond donors (Lipinski definition) is 1. The molecule has 0 radical (unpaired) electrons. The molecule has 1 atom stereocenters. The summed E-state index contributed by atoms with van der Waals surface area (Å²) < 4.78 is 10.0. The first kappa shape index (κ1) is 15.1. The van der Waals surface area contributed by atoms with Gasteiger partial charge in [0.1, 0.15) is 5.76 Å². The first-order valence-corrected chi connectivity index (χ1v) is 7.24. The highest BCUT2D eigenvalue weighted by Crippen LogP contribution is 2.12. The van der Waals surface area contributed by atoms with E-state index in [1.807, 2.05) is 17.5 Å². The van der Waals surface area contributed by atoms with E-state index in [4.69, 9.17) is 9.15 Å². The summed E-state index contributed by atoms with van der Waals surface area (Å²) in [6.07, 6.45) is 4.48. The molecule has 0 aliphatic carbocycles. The van der Waals surface area contributed by atoms with Gasteiger partial charge >= 0.3 is 5.97 Å². The minimum Gasteiger partial charge on any atom is -0.467 e. The average molecular weight is 305 g/mol. The Bertz CT molecular complexity index is 602. The topological polar surface area (TPSA) is 68.5 Å². The first-order chi connectivity index (χ1) is 10.1. The van der Waals surface area contributed by atoms with Crippen LogP contribution < -0.4 is 5.32 Å². The van der Waals surface area contributed by atoms with Crippen molar-refractivity contribution >= 4 is 29.3 Å². The van der Waals surface area contributed by atoms with Crippen LogP contribution in [0.5, 0.6) is 0 Å². The van der Waals surface area contributed by atoms with E-state index in [9.17, 15) is 9.59 Å². The van der Waals surface area contributed by atoms with E-state index in [2.05, 4.69) is 5.32 Å². The average Bonchev–Trinajstić information content (AvgIpc) is 3.15. The van der Waals surface area contributed by atoms with Crippen molar-refractivity contribution in [2.24, 2.45) is 0 Å². The molecule has 2 heterocycles. The van der Waals surface area contributed by atoms with Gasteiger partial charge in [-0.15, -0.1) is 11.3 Å². The van der Waals surface area contributed by atoms with Crippen LogP contribution in [-0.2, 0) is 14.3 Å². The Morgan fingerprint density at radius 1 is 1.43 bits per heavy atom. The molecule has 0 spiro atoms. The maximum absolute atomic E-state index is 11.6. The van der Waals surface area contributed by atoms with E-state index in [0.717, 1.165) is 4.88 Å².